The molecule has 2 aliphatic rings. The fraction of sp³-hybridized carbons (Fsp3) is 0.400. The summed E-state index contributed by atoms with van der Waals surface area (Å²) in [6.07, 6.45) is 0. The van der Waals surface area contributed by atoms with Gasteiger partial charge in [0.15, 0.2) is 11.6 Å². The van der Waals surface area contributed by atoms with Crippen LogP contribution in [0.1, 0.15) is 11.8 Å². The number of rotatable bonds is 2. The molecule has 8 nitrogen and oxygen atoms in total. The lowest BCUT2D eigenvalue weighted by Crippen LogP contribution is -2.44. The van der Waals surface area contributed by atoms with Crippen LogP contribution >= 0.6 is 0 Å². The molecule has 2 fully saturated rings. The number of pyridine rings is 1. The van der Waals surface area contributed by atoms with Crippen molar-refractivity contribution in [3.05, 3.63) is 24.0 Å². The monoisotopic (exact) mass is 315 g/mol. The first kappa shape index (κ1) is 14.0. The number of amides is 3. The van der Waals surface area contributed by atoms with Gasteiger partial charge in [0.1, 0.15) is 17.1 Å². The van der Waals surface area contributed by atoms with Crippen molar-refractivity contribution in [3.8, 4) is 0 Å². The Bertz CT molecular complexity index is 779. The second-order valence-electron chi connectivity index (χ2n) is 5.89. The van der Waals surface area contributed by atoms with Gasteiger partial charge in [-0.3, -0.25) is 10.1 Å². The van der Waals surface area contributed by atoms with Gasteiger partial charge in [0.05, 0.1) is 0 Å². The molecule has 2 aromatic heterocycles. The molecule has 0 aromatic carbocycles. The molecule has 23 heavy (non-hydrogen) atoms. The molecule has 8 heteroatoms. The second kappa shape index (κ2) is 5.24. The zero-order valence-corrected chi connectivity index (χ0v) is 12.7. The molecule has 4 rings (SSSR count). The van der Waals surface area contributed by atoms with Gasteiger partial charge in [-0.25, -0.2) is 9.78 Å². The molecule has 2 aromatic rings. The van der Waals surface area contributed by atoms with Crippen molar-refractivity contribution in [1.29, 1.82) is 0 Å². The molecule has 2 N–H and O–H groups in total. The number of hydrogen-bond donors (Lipinski definition) is 2. The highest BCUT2D eigenvalue weighted by Crippen LogP contribution is 2.26. The standard InChI is InChI=1S/C15H17N5O3/c1-19-4-6-20(7-5-19)12-3-2-10-9(16-12)8-11(23-10)13-14(21)18-15(22)17-13/h2-3,8,13H,4-7H2,1H3,(H2,17,18,21,22). The summed E-state index contributed by atoms with van der Waals surface area (Å²) in [5.74, 6) is 0.887. The Labute approximate surface area is 132 Å². The number of likely N-dealkylation sites (N-methyl/N-ethyl adjacent to an activating group) is 1. The molecule has 0 radical (unpaired) electrons. The Balaban J connectivity index is 1.62. The van der Waals surface area contributed by atoms with E-state index in [1.54, 1.807) is 6.07 Å². The molecule has 3 amide bonds. The highest BCUT2D eigenvalue weighted by atomic mass is 16.3. The lowest BCUT2D eigenvalue weighted by atomic mass is 10.2. The fourth-order valence-corrected chi connectivity index (χ4v) is 2.90. The van der Waals surface area contributed by atoms with E-state index in [0.717, 1.165) is 32.0 Å². The van der Waals surface area contributed by atoms with Crippen LogP contribution in [0.4, 0.5) is 10.6 Å². The van der Waals surface area contributed by atoms with Crippen LogP contribution < -0.4 is 15.5 Å². The Hall–Kier alpha value is -2.61. The topological polar surface area (TPSA) is 90.7 Å². The van der Waals surface area contributed by atoms with E-state index in [1.165, 1.54) is 0 Å². The molecule has 2 aliphatic heterocycles. The molecular weight excluding hydrogens is 298 g/mol. The van der Waals surface area contributed by atoms with Gasteiger partial charge in [0.25, 0.3) is 5.91 Å². The third-order valence-corrected chi connectivity index (χ3v) is 4.26. The van der Waals surface area contributed by atoms with Crippen LogP contribution in [-0.2, 0) is 4.79 Å². The van der Waals surface area contributed by atoms with E-state index in [-0.39, 0.29) is 0 Å². The van der Waals surface area contributed by atoms with Crippen LogP contribution in [0.3, 0.4) is 0 Å². The number of urea groups is 1. The first-order valence-corrected chi connectivity index (χ1v) is 7.55. The van der Waals surface area contributed by atoms with E-state index in [4.69, 9.17) is 4.42 Å². The van der Waals surface area contributed by atoms with Gasteiger partial charge in [-0.15, -0.1) is 0 Å². The minimum atomic E-state index is -0.788. The van der Waals surface area contributed by atoms with Gasteiger partial charge >= 0.3 is 6.03 Å². The van der Waals surface area contributed by atoms with Gasteiger partial charge < -0.3 is 19.5 Å². The summed E-state index contributed by atoms with van der Waals surface area (Å²) in [6.45, 7) is 3.87. The quantitative estimate of drug-likeness (QED) is 0.783. The van der Waals surface area contributed by atoms with Crippen LogP contribution in [0, 0.1) is 0 Å². The summed E-state index contributed by atoms with van der Waals surface area (Å²) in [5, 5.41) is 4.72. The summed E-state index contributed by atoms with van der Waals surface area (Å²) >= 11 is 0. The largest absolute Gasteiger partial charge is 0.457 e. The lowest BCUT2D eigenvalue weighted by molar-refractivity contribution is -0.120. The molecule has 0 bridgehead atoms. The Morgan fingerprint density at radius 1 is 1.22 bits per heavy atom. The maximum atomic E-state index is 11.7. The van der Waals surface area contributed by atoms with Gasteiger partial charge in [-0.2, -0.15) is 0 Å². The molecule has 4 heterocycles. The first-order chi connectivity index (χ1) is 11.1. The number of furan rings is 1. The van der Waals surface area contributed by atoms with E-state index in [0.29, 0.717) is 16.9 Å². The summed E-state index contributed by atoms with van der Waals surface area (Å²) in [5.41, 5.74) is 1.29. The minimum absolute atomic E-state index is 0.395. The van der Waals surface area contributed by atoms with Crippen LogP contribution in [0.5, 0.6) is 0 Å². The zero-order valence-electron chi connectivity index (χ0n) is 12.7. The predicted molar refractivity (Wildman–Crippen MR) is 83.1 cm³/mol. The molecule has 1 atom stereocenters. The van der Waals surface area contributed by atoms with E-state index in [1.807, 2.05) is 12.1 Å². The van der Waals surface area contributed by atoms with Gasteiger partial charge in [-0.05, 0) is 19.2 Å². The molecule has 2 saturated heterocycles. The van der Waals surface area contributed by atoms with E-state index >= 15 is 0 Å². The first-order valence-electron chi connectivity index (χ1n) is 7.55. The molecular formula is C15H17N5O3. The van der Waals surface area contributed by atoms with Crippen molar-refractivity contribution in [3.63, 3.8) is 0 Å². The summed E-state index contributed by atoms with van der Waals surface area (Å²) in [4.78, 5) is 32.1. The molecule has 120 valence electrons. The van der Waals surface area contributed by atoms with Gasteiger partial charge in [-0.1, -0.05) is 0 Å². The molecule has 1 unspecified atom stereocenters. The van der Waals surface area contributed by atoms with Crippen molar-refractivity contribution in [1.82, 2.24) is 20.5 Å². The smallest absolute Gasteiger partial charge is 0.322 e. The third-order valence-electron chi connectivity index (χ3n) is 4.26. The Morgan fingerprint density at radius 3 is 2.70 bits per heavy atom. The second-order valence-corrected chi connectivity index (χ2v) is 5.89. The van der Waals surface area contributed by atoms with E-state index < -0.39 is 18.0 Å². The maximum Gasteiger partial charge on any atom is 0.322 e. The number of piperazine rings is 1. The van der Waals surface area contributed by atoms with Crippen LogP contribution in [-0.4, -0.2) is 55.0 Å². The number of hydrogen-bond acceptors (Lipinski definition) is 6. The number of aromatic nitrogens is 1. The Morgan fingerprint density at radius 2 is 2.00 bits per heavy atom. The third kappa shape index (κ3) is 2.50. The predicted octanol–water partition coefficient (Wildman–Crippen LogP) is 0.460. The number of carbonyl (C=O) groups excluding carboxylic acids is 2. The van der Waals surface area contributed by atoms with Crippen molar-refractivity contribution in [2.45, 2.75) is 6.04 Å². The normalized spacial score (nSPS) is 22.5. The minimum Gasteiger partial charge on any atom is -0.457 e. The van der Waals surface area contributed by atoms with Crippen molar-refractivity contribution in [2.24, 2.45) is 0 Å². The summed E-state index contributed by atoms with van der Waals surface area (Å²) in [7, 11) is 2.11. The van der Waals surface area contributed by atoms with Crippen molar-refractivity contribution < 1.29 is 14.0 Å². The molecule has 0 saturated carbocycles. The van der Waals surface area contributed by atoms with Gasteiger partial charge in [0, 0.05) is 32.2 Å². The van der Waals surface area contributed by atoms with Gasteiger partial charge in [0.2, 0.25) is 0 Å². The van der Waals surface area contributed by atoms with Crippen molar-refractivity contribution in [2.75, 3.05) is 38.1 Å². The molecule has 0 spiro atoms. The fourth-order valence-electron chi connectivity index (χ4n) is 2.90. The number of nitrogens with zero attached hydrogens (tertiary/aromatic N) is 3. The average Bonchev–Trinajstić information content (AvgIpc) is 3.09. The molecule has 0 aliphatic carbocycles. The highest BCUT2D eigenvalue weighted by molar-refractivity contribution is 6.04. The average molecular weight is 315 g/mol. The van der Waals surface area contributed by atoms with Crippen molar-refractivity contribution >= 4 is 28.9 Å². The number of nitrogens with one attached hydrogen (secondary N) is 2. The SMILES string of the molecule is CN1CCN(c2ccc3oc(C4NC(=O)NC4=O)cc3n2)CC1. The Kier molecular flexibility index (Phi) is 3.19. The number of fused-ring (bicyclic) bond motifs is 1. The van der Waals surface area contributed by atoms with Crippen LogP contribution in [0.2, 0.25) is 0 Å². The van der Waals surface area contributed by atoms with Crippen LogP contribution in [0.15, 0.2) is 22.6 Å². The number of imide groups is 1. The zero-order chi connectivity index (χ0) is 16.0. The lowest BCUT2D eigenvalue weighted by Gasteiger charge is -2.33. The van der Waals surface area contributed by atoms with E-state index in [2.05, 4.69) is 32.5 Å². The van der Waals surface area contributed by atoms with E-state index in [9.17, 15) is 9.59 Å². The highest BCUT2D eigenvalue weighted by Gasteiger charge is 2.33. The number of anilines is 1. The maximum absolute atomic E-state index is 11.7. The van der Waals surface area contributed by atoms with Crippen LogP contribution in [0.25, 0.3) is 11.1 Å². The summed E-state index contributed by atoms with van der Waals surface area (Å²) in [6, 6.07) is 4.20. The summed E-state index contributed by atoms with van der Waals surface area (Å²) < 4.78 is 5.67. The number of carbonyl (C=O) groups is 2.